The Kier molecular flexibility index (Phi) is 4.29. The molecule has 1 aromatic heterocycles. The highest BCUT2D eigenvalue weighted by Gasteiger charge is 2.02. The van der Waals surface area contributed by atoms with Crippen molar-refractivity contribution in [3.63, 3.8) is 0 Å². The molecular weight excluding hydrogens is 240 g/mol. The van der Waals surface area contributed by atoms with E-state index in [2.05, 4.69) is 21.6 Å². The first-order valence-corrected chi connectivity index (χ1v) is 5.92. The van der Waals surface area contributed by atoms with Crippen molar-refractivity contribution in [2.45, 2.75) is 6.42 Å². The number of anilines is 1. The molecule has 0 atom stereocenters. The zero-order chi connectivity index (χ0) is 13.5. The molecule has 0 spiro atoms. The average Bonchev–Trinajstić information content (AvgIpc) is 2.48. The van der Waals surface area contributed by atoms with Crippen LogP contribution >= 0.6 is 0 Å². The average molecular weight is 254 g/mol. The summed E-state index contributed by atoms with van der Waals surface area (Å²) >= 11 is 0. The van der Waals surface area contributed by atoms with Gasteiger partial charge in [-0.2, -0.15) is 10.4 Å². The molecule has 1 aromatic carbocycles. The highest BCUT2D eigenvalue weighted by atomic mass is 16.5. The van der Waals surface area contributed by atoms with Crippen LogP contribution in [0.4, 0.5) is 5.82 Å². The molecule has 0 radical (unpaired) electrons. The smallest absolute Gasteiger partial charge is 0.166 e. The van der Waals surface area contributed by atoms with E-state index in [-0.39, 0.29) is 0 Å². The number of nitrogens with one attached hydrogen (secondary N) is 1. The first-order chi connectivity index (χ1) is 9.33. The van der Waals surface area contributed by atoms with Gasteiger partial charge in [-0.05, 0) is 30.2 Å². The summed E-state index contributed by atoms with van der Waals surface area (Å²) in [6, 6.07) is 11.6. The van der Waals surface area contributed by atoms with Crippen molar-refractivity contribution < 1.29 is 4.74 Å². The number of methoxy groups -OCH3 is 1. The van der Waals surface area contributed by atoms with Crippen LogP contribution in [0.1, 0.15) is 11.1 Å². The number of aromatic nitrogens is 2. The SMILES string of the molecule is COc1ccc(CCNc2nnccc2C#N)cc1. The predicted octanol–water partition coefficient (Wildman–Crippen LogP) is 2.01. The van der Waals surface area contributed by atoms with Crippen molar-refractivity contribution >= 4 is 5.82 Å². The van der Waals surface area contributed by atoms with Gasteiger partial charge in [-0.15, -0.1) is 5.10 Å². The Bertz CT molecular complexity index is 575. The third kappa shape index (κ3) is 3.42. The predicted molar refractivity (Wildman–Crippen MR) is 71.9 cm³/mol. The van der Waals surface area contributed by atoms with E-state index in [1.165, 1.54) is 11.8 Å². The number of rotatable bonds is 5. The summed E-state index contributed by atoms with van der Waals surface area (Å²) in [6.07, 6.45) is 2.35. The molecule has 0 aliphatic rings. The molecular formula is C14H14N4O. The number of hydrogen-bond acceptors (Lipinski definition) is 5. The van der Waals surface area contributed by atoms with Crippen LogP contribution in [0.15, 0.2) is 36.5 Å². The molecule has 0 amide bonds. The lowest BCUT2D eigenvalue weighted by molar-refractivity contribution is 0.414. The topological polar surface area (TPSA) is 70.8 Å². The summed E-state index contributed by atoms with van der Waals surface area (Å²) in [5.74, 6) is 1.37. The molecule has 1 heterocycles. The third-order valence-electron chi connectivity index (χ3n) is 2.71. The Balaban J connectivity index is 1.91. The van der Waals surface area contributed by atoms with E-state index in [9.17, 15) is 0 Å². The van der Waals surface area contributed by atoms with Gasteiger partial charge < -0.3 is 10.1 Å². The quantitative estimate of drug-likeness (QED) is 0.883. The van der Waals surface area contributed by atoms with Crippen molar-refractivity contribution in [2.24, 2.45) is 0 Å². The molecule has 0 bridgehead atoms. The summed E-state index contributed by atoms with van der Waals surface area (Å²) in [5.41, 5.74) is 1.69. The second kappa shape index (κ2) is 6.36. The lowest BCUT2D eigenvalue weighted by Crippen LogP contribution is -2.08. The van der Waals surface area contributed by atoms with E-state index >= 15 is 0 Å². The first-order valence-electron chi connectivity index (χ1n) is 5.92. The van der Waals surface area contributed by atoms with E-state index in [0.29, 0.717) is 17.9 Å². The van der Waals surface area contributed by atoms with E-state index in [0.717, 1.165) is 12.2 Å². The second-order valence-electron chi connectivity index (χ2n) is 3.93. The van der Waals surface area contributed by atoms with Gasteiger partial charge in [-0.1, -0.05) is 12.1 Å². The summed E-state index contributed by atoms with van der Waals surface area (Å²) in [4.78, 5) is 0. The Morgan fingerprint density at radius 1 is 1.26 bits per heavy atom. The molecule has 0 unspecified atom stereocenters. The van der Waals surface area contributed by atoms with Gasteiger partial charge in [0.25, 0.3) is 0 Å². The van der Waals surface area contributed by atoms with E-state index in [1.54, 1.807) is 13.2 Å². The van der Waals surface area contributed by atoms with Crippen LogP contribution in [0.3, 0.4) is 0 Å². The zero-order valence-electron chi connectivity index (χ0n) is 10.6. The first kappa shape index (κ1) is 12.8. The van der Waals surface area contributed by atoms with Crippen LogP contribution in [-0.2, 0) is 6.42 Å². The van der Waals surface area contributed by atoms with Gasteiger partial charge in [0, 0.05) is 6.54 Å². The normalized spacial score (nSPS) is 9.68. The van der Waals surface area contributed by atoms with Crippen LogP contribution in [0.25, 0.3) is 0 Å². The molecule has 1 N–H and O–H groups in total. The fraction of sp³-hybridized carbons (Fsp3) is 0.214. The highest BCUT2D eigenvalue weighted by molar-refractivity contribution is 5.50. The zero-order valence-corrected chi connectivity index (χ0v) is 10.6. The molecule has 0 fully saturated rings. The number of ether oxygens (including phenoxy) is 1. The summed E-state index contributed by atoms with van der Waals surface area (Å²) in [7, 11) is 1.65. The molecule has 2 rings (SSSR count). The molecule has 0 saturated heterocycles. The van der Waals surface area contributed by atoms with Crippen molar-refractivity contribution in [1.29, 1.82) is 5.26 Å². The Hall–Kier alpha value is -2.61. The van der Waals surface area contributed by atoms with Crippen LogP contribution in [-0.4, -0.2) is 23.9 Å². The van der Waals surface area contributed by atoms with Crippen molar-refractivity contribution in [3.05, 3.63) is 47.7 Å². The van der Waals surface area contributed by atoms with E-state index in [1.807, 2.05) is 24.3 Å². The van der Waals surface area contributed by atoms with E-state index in [4.69, 9.17) is 10.00 Å². The van der Waals surface area contributed by atoms with Crippen molar-refractivity contribution in [3.8, 4) is 11.8 Å². The standard InChI is InChI=1S/C14H14N4O/c1-19-13-4-2-11(3-5-13)6-8-16-14-12(10-15)7-9-17-18-14/h2-5,7,9H,6,8H2,1H3,(H,16,18). The van der Waals surface area contributed by atoms with Crippen LogP contribution in [0.5, 0.6) is 5.75 Å². The van der Waals surface area contributed by atoms with Gasteiger partial charge in [0.2, 0.25) is 0 Å². The Morgan fingerprint density at radius 3 is 2.74 bits per heavy atom. The molecule has 19 heavy (non-hydrogen) atoms. The number of nitriles is 1. The lowest BCUT2D eigenvalue weighted by Gasteiger charge is -2.06. The van der Waals surface area contributed by atoms with Gasteiger partial charge in [0.1, 0.15) is 11.8 Å². The maximum Gasteiger partial charge on any atom is 0.166 e. The van der Waals surface area contributed by atoms with Gasteiger partial charge in [0.15, 0.2) is 5.82 Å². The molecule has 96 valence electrons. The monoisotopic (exact) mass is 254 g/mol. The van der Waals surface area contributed by atoms with Gasteiger partial charge in [-0.25, -0.2) is 0 Å². The molecule has 5 heteroatoms. The molecule has 5 nitrogen and oxygen atoms in total. The number of hydrogen-bond donors (Lipinski definition) is 1. The lowest BCUT2D eigenvalue weighted by atomic mass is 10.1. The third-order valence-corrected chi connectivity index (χ3v) is 2.71. The van der Waals surface area contributed by atoms with Crippen LogP contribution in [0.2, 0.25) is 0 Å². The molecule has 0 aliphatic heterocycles. The fourth-order valence-electron chi connectivity index (χ4n) is 1.67. The number of benzene rings is 1. The molecule has 0 aliphatic carbocycles. The minimum absolute atomic E-state index is 0.504. The highest BCUT2D eigenvalue weighted by Crippen LogP contribution is 2.12. The molecule has 0 saturated carbocycles. The maximum atomic E-state index is 8.92. The van der Waals surface area contributed by atoms with Crippen LogP contribution < -0.4 is 10.1 Å². The van der Waals surface area contributed by atoms with E-state index < -0.39 is 0 Å². The fourth-order valence-corrected chi connectivity index (χ4v) is 1.67. The van der Waals surface area contributed by atoms with Gasteiger partial charge in [-0.3, -0.25) is 0 Å². The minimum atomic E-state index is 0.504. The second-order valence-corrected chi connectivity index (χ2v) is 3.93. The summed E-state index contributed by atoms with van der Waals surface area (Å²) in [6.45, 7) is 0.694. The van der Waals surface area contributed by atoms with Crippen molar-refractivity contribution in [1.82, 2.24) is 10.2 Å². The largest absolute Gasteiger partial charge is 0.497 e. The molecule has 2 aromatic rings. The Labute approximate surface area is 111 Å². The summed E-state index contributed by atoms with van der Waals surface area (Å²) < 4.78 is 5.10. The van der Waals surface area contributed by atoms with Gasteiger partial charge in [0.05, 0.1) is 18.9 Å². The van der Waals surface area contributed by atoms with Crippen molar-refractivity contribution in [2.75, 3.05) is 19.0 Å². The van der Waals surface area contributed by atoms with Gasteiger partial charge >= 0.3 is 0 Å². The maximum absolute atomic E-state index is 8.92. The Morgan fingerprint density at radius 2 is 2.05 bits per heavy atom. The number of nitrogens with zero attached hydrogens (tertiary/aromatic N) is 3. The minimum Gasteiger partial charge on any atom is -0.497 e. The van der Waals surface area contributed by atoms with Crippen LogP contribution in [0, 0.1) is 11.3 Å². The summed E-state index contributed by atoms with van der Waals surface area (Å²) in [5, 5.41) is 19.7.